The Hall–Kier alpha value is -4.39. The second-order valence-corrected chi connectivity index (χ2v) is 10.5. The van der Waals surface area contributed by atoms with E-state index in [4.69, 9.17) is 18.6 Å². The van der Waals surface area contributed by atoms with Gasteiger partial charge in [-0.05, 0) is 56.9 Å². The Kier molecular flexibility index (Phi) is 9.06. The Morgan fingerprint density at radius 1 is 1.05 bits per heavy atom. The standard InChI is InChI=1S/C33H36N4O5/c1-5-37(15-14-36(2)3)33(38)27-8-6-23(19-31(27)39-4)30-20-28-32(42-30)26(10-13-35-28)22-7-9-29(24(18-22)21-34)41-25-11-16-40-17-12-25/h6-10,13,18-20,25H,5,11-12,14-17H2,1-4H3. The van der Waals surface area contributed by atoms with Gasteiger partial charge in [-0.1, -0.05) is 12.1 Å². The first-order chi connectivity index (χ1) is 20.4. The van der Waals surface area contributed by atoms with Crippen molar-refractivity contribution in [2.75, 3.05) is 54.1 Å². The summed E-state index contributed by atoms with van der Waals surface area (Å²) >= 11 is 0. The zero-order valence-corrected chi connectivity index (χ0v) is 24.6. The molecule has 42 heavy (non-hydrogen) atoms. The highest BCUT2D eigenvalue weighted by atomic mass is 16.5. The Bertz CT molecular complexity index is 1600. The van der Waals surface area contributed by atoms with Crippen LogP contribution < -0.4 is 9.47 Å². The van der Waals surface area contributed by atoms with Crippen molar-refractivity contribution in [2.24, 2.45) is 0 Å². The van der Waals surface area contributed by atoms with Crippen LogP contribution in [-0.2, 0) is 4.74 Å². The van der Waals surface area contributed by atoms with E-state index in [1.54, 1.807) is 19.4 Å². The minimum atomic E-state index is -0.0751. The molecule has 218 valence electrons. The number of amides is 1. The lowest BCUT2D eigenvalue weighted by Gasteiger charge is -2.24. The maximum absolute atomic E-state index is 13.3. The number of furan rings is 1. The number of carbonyl (C=O) groups is 1. The minimum Gasteiger partial charge on any atom is -0.496 e. The molecule has 5 rings (SSSR count). The second-order valence-electron chi connectivity index (χ2n) is 10.5. The van der Waals surface area contributed by atoms with E-state index in [-0.39, 0.29) is 12.0 Å². The summed E-state index contributed by atoms with van der Waals surface area (Å²) in [4.78, 5) is 21.7. The van der Waals surface area contributed by atoms with Gasteiger partial charge < -0.3 is 28.4 Å². The topological polar surface area (TPSA) is 101 Å². The molecule has 1 aliphatic rings. The zero-order chi connectivity index (χ0) is 29.6. The van der Waals surface area contributed by atoms with E-state index in [0.717, 1.165) is 36.1 Å². The highest BCUT2D eigenvalue weighted by Gasteiger charge is 2.22. The first-order valence-electron chi connectivity index (χ1n) is 14.2. The lowest BCUT2D eigenvalue weighted by Crippen LogP contribution is -2.36. The van der Waals surface area contributed by atoms with Crippen LogP contribution in [0.1, 0.15) is 35.7 Å². The average molecular weight is 569 g/mol. The Morgan fingerprint density at radius 3 is 2.55 bits per heavy atom. The molecule has 9 nitrogen and oxygen atoms in total. The molecule has 0 radical (unpaired) electrons. The molecule has 0 aliphatic carbocycles. The Morgan fingerprint density at radius 2 is 1.83 bits per heavy atom. The van der Waals surface area contributed by atoms with Gasteiger partial charge in [0.2, 0.25) is 0 Å². The van der Waals surface area contributed by atoms with Crippen molar-refractivity contribution < 1.29 is 23.4 Å². The van der Waals surface area contributed by atoms with Gasteiger partial charge in [-0.2, -0.15) is 5.26 Å². The van der Waals surface area contributed by atoms with E-state index in [2.05, 4.69) is 16.0 Å². The number of likely N-dealkylation sites (N-methyl/N-ethyl adjacent to an activating group) is 2. The van der Waals surface area contributed by atoms with E-state index < -0.39 is 0 Å². The van der Waals surface area contributed by atoms with Gasteiger partial charge in [0, 0.05) is 55.9 Å². The van der Waals surface area contributed by atoms with Gasteiger partial charge in [0.1, 0.15) is 34.9 Å². The predicted molar refractivity (Wildman–Crippen MR) is 161 cm³/mol. The smallest absolute Gasteiger partial charge is 0.257 e. The number of benzene rings is 2. The van der Waals surface area contributed by atoms with Crippen molar-refractivity contribution in [1.82, 2.24) is 14.8 Å². The van der Waals surface area contributed by atoms with E-state index in [1.165, 1.54) is 0 Å². The third kappa shape index (κ3) is 6.25. The molecule has 9 heteroatoms. The molecule has 4 aromatic rings. The quantitative estimate of drug-likeness (QED) is 0.243. The minimum absolute atomic E-state index is 0.0405. The lowest BCUT2D eigenvalue weighted by molar-refractivity contribution is 0.0254. The van der Waals surface area contributed by atoms with Crippen molar-refractivity contribution in [2.45, 2.75) is 25.9 Å². The third-order valence-electron chi connectivity index (χ3n) is 7.49. The number of methoxy groups -OCH3 is 1. The van der Waals surface area contributed by atoms with Crippen molar-refractivity contribution in [3.63, 3.8) is 0 Å². The van der Waals surface area contributed by atoms with Crippen LogP contribution in [0.25, 0.3) is 33.6 Å². The Balaban J connectivity index is 1.44. The van der Waals surface area contributed by atoms with Crippen molar-refractivity contribution >= 4 is 17.0 Å². The molecule has 0 unspecified atom stereocenters. The molecule has 2 aromatic heterocycles. The van der Waals surface area contributed by atoms with Crippen LogP contribution in [0, 0.1) is 11.3 Å². The fourth-order valence-electron chi connectivity index (χ4n) is 5.08. The summed E-state index contributed by atoms with van der Waals surface area (Å²) in [5.41, 5.74) is 4.67. The molecule has 0 spiro atoms. The van der Waals surface area contributed by atoms with Gasteiger partial charge in [0.15, 0.2) is 5.58 Å². The second kappa shape index (κ2) is 13.1. The van der Waals surface area contributed by atoms with Gasteiger partial charge in [0.25, 0.3) is 5.91 Å². The predicted octanol–water partition coefficient (Wildman–Crippen LogP) is 5.62. The first kappa shape index (κ1) is 29.1. The van der Waals surface area contributed by atoms with E-state index in [1.807, 2.05) is 68.4 Å². The summed E-state index contributed by atoms with van der Waals surface area (Å²) in [5.74, 6) is 1.58. The van der Waals surface area contributed by atoms with Gasteiger partial charge in [0.05, 0.1) is 31.5 Å². The molecule has 1 saturated heterocycles. The molecule has 1 amide bonds. The van der Waals surface area contributed by atoms with Crippen LogP contribution in [-0.4, -0.2) is 80.8 Å². The van der Waals surface area contributed by atoms with Gasteiger partial charge >= 0.3 is 0 Å². The number of hydrogen-bond acceptors (Lipinski definition) is 8. The van der Waals surface area contributed by atoms with E-state index in [0.29, 0.717) is 65.8 Å². The lowest BCUT2D eigenvalue weighted by atomic mass is 10.0. The monoisotopic (exact) mass is 568 g/mol. The maximum atomic E-state index is 13.3. The van der Waals surface area contributed by atoms with Crippen molar-refractivity contribution in [3.8, 4) is 40.0 Å². The van der Waals surface area contributed by atoms with Crippen molar-refractivity contribution in [1.29, 1.82) is 5.26 Å². The number of hydrogen-bond donors (Lipinski definition) is 0. The fourth-order valence-corrected chi connectivity index (χ4v) is 5.08. The highest BCUT2D eigenvalue weighted by Crippen LogP contribution is 2.37. The summed E-state index contributed by atoms with van der Waals surface area (Å²) in [7, 11) is 5.54. The molecule has 3 heterocycles. The molecule has 1 aliphatic heterocycles. The molecular formula is C33H36N4O5. The zero-order valence-electron chi connectivity index (χ0n) is 24.6. The number of nitriles is 1. The number of aromatic nitrogens is 1. The summed E-state index contributed by atoms with van der Waals surface area (Å²) < 4.78 is 23.5. The summed E-state index contributed by atoms with van der Waals surface area (Å²) in [6.07, 6.45) is 3.38. The third-order valence-corrected chi connectivity index (χ3v) is 7.49. The number of carbonyl (C=O) groups excluding carboxylic acids is 1. The molecule has 0 bridgehead atoms. The van der Waals surface area contributed by atoms with E-state index >= 15 is 0 Å². The van der Waals surface area contributed by atoms with Gasteiger partial charge in [-0.3, -0.25) is 9.78 Å². The van der Waals surface area contributed by atoms with Crippen LogP contribution in [0.4, 0.5) is 0 Å². The molecule has 0 N–H and O–H groups in total. The molecular weight excluding hydrogens is 532 g/mol. The highest BCUT2D eigenvalue weighted by molar-refractivity contribution is 5.98. The molecule has 0 saturated carbocycles. The number of pyridine rings is 1. The summed E-state index contributed by atoms with van der Waals surface area (Å²) in [5, 5.41) is 9.87. The van der Waals surface area contributed by atoms with Crippen LogP contribution in [0.15, 0.2) is 59.1 Å². The summed E-state index contributed by atoms with van der Waals surface area (Å²) in [6, 6.07) is 17.1. The molecule has 2 aromatic carbocycles. The SMILES string of the molecule is CCN(CCN(C)C)C(=O)c1ccc(-c2cc3nccc(-c4ccc(OC5CCOCC5)c(C#N)c4)c3o2)cc1OC. The Labute approximate surface area is 246 Å². The maximum Gasteiger partial charge on any atom is 0.257 e. The van der Waals surface area contributed by atoms with Gasteiger partial charge in [-0.15, -0.1) is 0 Å². The molecule has 1 fully saturated rings. The van der Waals surface area contributed by atoms with Crippen LogP contribution >= 0.6 is 0 Å². The molecule has 0 atom stereocenters. The van der Waals surface area contributed by atoms with Crippen LogP contribution in [0.5, 0.6) is 11.5 Å². The van der Waals surface area contributed by atoms with Crippen LogP contribution in [0.3, 0.4) is 0 Å². The first-order valence-corrected chi connectivity index (χ1v) is 14.2. The van der Waals surface area contributed by atoms with Crippen molar-refractivity contribution in [3.05, 3.63) is 65.9 Å². The van der Waals surface area contributed by atoms with Gasteiger partial charge in [-0.25, -0.2) is 0 Å². The number of fused-ring (bicyclic) bond motifs is 1. The fraction of sp³-hybridized carbons (Fsp3) is 0.364. The number of nitrogens with zero attached hydrogens (tertiary/aromatic N) is 4. The largest absolute Gasteiger partial charge is 0.496 e. The van der Waals surface area contributed by atoms with Crippen LogP contribution in [0.2, 0.25) is 0 Å². The number of rotatable bonds is 10. The normalized spacial score (nSPS) is 13.7. The average Bonchev–Trinajstić information content (AvgIpc) is 3.46. The summed E-state index contributed by atoms with van der Waals surface area (Å²) in [6.45, 7) is 5.31. The number of ether oxygens (including phenoxy) is 3. The van der Waals surface area contributed by atoms with E-state index in [9.17, 15) is 10.1 Å².